The molecule has 3 heteroatoms. The van der Waals surface area contributed by atoms with Gasteiger partial charge in [0.1, 0.15) is 0 Å². The van der Waals surface area contributed by atoms with Crippen LogP contribution in [-0.4, -0.2) is 12.3 Å². The van der Waals surface area contributed by atoms with Crippen molar-refractivity contribution < 1.29 is 0 Å². The van der Waals surface area contributed by atoms with E-state index in [0.717, 1.165) is 12.8 Å². The second kappa shape index (κ2) is 13.0. The van der Waals surface area contributed by atoms with Crippen LogP contribution in [0.25, 0.3) is 55.1 Å². The first kappa shape index (κ1) is 37.0. The zero-order valence-electron chi connectivity index (χ0n) is 37.0. The lowest BCUT2D eigenvalue weighted by molar-refractivity contribution is 0.598. The predicted molar refractivity (Wildman–Crippen MR) is 267 cm³/mol. The molecule has 8 aromatic carbocycles. The Morgan fingerprint density at radius 1 is 0.619 bits per heavy atom. The Bertz CT molecular complexity index is 3420. The largest absolute Gasteiger partial charge is 0.357 e. The number of H-pyrrole nitrogens is 1. The Morgan fingerprint density at radius 2 is 1.37 bits per heavy atom. The molecule has 9 aromatic rings. The third kappa shape index (κ3) is 4.97. The number of rotatable bonds is 4. The summed E-state index contributed by atoms with van der Waals surface area (Å²) in [6, 6.07) is 58.8. The van der Waals surface area contributed by atoms with Crippen LogP contribution in [0.3, 0.4) is 0 Å². The Labute approximate surface area is 371 Å². The van der Waals surface area contributed by atoms with E-state index in [0.29, 0.717) is 5.92 Å². The Kier molecular flexibility index (Phi) is 7.63. The molecule has 0 saturated heterocycles. The summed E-state index contributed by atoms with van der Waals surface area (Å²) >= 11 is 0. The van der Waals surface area contributed by atoms with Crippen molar-refractivity contribution >= 4 is 56.9 Å². The molecule has 14 rings (SSSR count). The Balaban J connectivity index is 1.15. The van der Waals surface area contributed by atoms with E-state index in [1.54, 1.807) is 0 Å². The van der Waals surface area contributed by atoms with Gasteiger partial charge in [0.25, 0.3) is 0 Å². The van der Waals surface area contributed by atoms with Crippen LogP contribution >= 0.6 is 0 Å². The number of aromatic amines is 1. The summed E-state index contributed by atoms with van der Waals surface area (Å²) in [6.45, 7) is 14.3. The quantitative estimate of drug-likeness (QED) is 0.176. The maximum Gasteiger partial charge on any atom is 0.197 e. The average molecular weight is 810 g/mol. The van der Waals surface area contributed by atoms with Gasteiger partial charge in [-0.2, -0.15) is 0 Å². The van der Waals surface area contributed by atoms with Crippen LogP contribution < -0.4 is 15.8 Å². The molecule has 2 atom stereocenters. The lowest BCUT2D eigenvalue weighted by Gasteiger charge is -2.43. The van der Waals surface area contributed by atoms with Crippen molar-refractivity contribution in [2.75, 3.05) is 4.90 Å². The summed E-state index contributed by atoms with van der Waals surface area (Å²) in [5, 5.41) is 3.79. The van der Waals surface area contributed by atoms with Crippen molar-refractivity contribution in [3.8, 4) is 33.4 Å². The van der Waals surface area contributed by atoms with Crippen LogP contribution in [-0.2, 0) is 10.8 Å². The monoisotopic (exact) mass is 809 g/mol. The molecule has 1 aromatic heterocycles. The smallest absolute Gasteiger partial charge is 0.197 e. The predicted octanol–water partition coefficient (Wildman–Crippen LogP) is 14.4. The number of aromatic nitrogens is 1. The molecule has 0 amide bonds. The van der Waals surface area contributed by atoms with E-state index in [1.165, 1.54) is 128 Å². The Hall–Kier alpha value is -6.58. The number of benzene rings is 8. The molecular formula is C60H50BN2. The lowest BCUT2D eigenvalue weighted by atomic mass is 9.55. The summed E-state index contributed by atoms with van der Waals surface area (Å²) in [5.41, 5.74) is 25.9. The van der Waals surface area contributed by atoms with Crippen LogP contribution in [0.5, 0.6) is 0 Å². The molecule has 63 heavy (non-hydrogen) atoms. The number of para-hydroxylation sites is 1. The van der Waals surface area contributed by atoms with E-state index in [9.17, 15) is 0 Å². The summed E-state index contributed by atoms with van der Waals surface area (Å²) in [4.78, 5) is 6.76. The van der Waals surface area contributed by atoms with Gasteiger partial charge >= 0.3 is 0 Å². The maximum atomic E-state index is 4.09. The van der Waals surface area contributed by atoms with Crippen molar-refractivity contribution in [3.63, 3.8) is 0 Å². The number of anilines is 3. The second-order valence-electron chi connectivity index (χ2n) is 19.9. The van der Waals surface area contributed by atoms with Crippen LogP contribution in [0.15, 0.2) is 152 Å². The van der Waals surface area contributed by atoms with E-state index in [1.807, 2.05) is 0 Å². The highest BCUT2D eigenvalue weighted by Crippen LogP contribution is 2.55. The molecule has 1 unspecified atom stereocenters. The fourth-order valence-corrected chi connectivity index (χ4v) is 12.5. The van der Waals surface area contributed by atoms with Gasteiger partial charge in [-0.15, -0.1) is 0 Å². The minimum Gasteiger partial charge on any atom is -0.357 e. The molecule has 0 saturated carbocycles. The zero-order valence-corrected chi connectivity index (χ0v) is 37.0. The maximum absolute atomic E-state index is 4.09. The van der Waals surface area contributed by atoms with E-state index in [2.05, 4.69) is 210 Å². The molecule has 2 nitrogen and oxygen atoms in total. The van der Waals surface area contributed by atoms with Crippen LogP contribution in [0, 0.1) is 0 Å². The molecule has 3 aliphatic heterocycles. The minimum atomic E-state index is -0.190. The minimum absolute atomic E-state index is 0.123. The molecule has 0 fully saturated rings. The summed E-state index contributed by atoms with van der Waals surface area (Å²) in [7, 11) is 2.53. The lowest BCUT2D eigenvalue weighted by Crippen LogP contribution is -2.43. The second-order valence-corrected chi connectivity index (χ2v) is 19.9. The number of nitrogens with one attached hydrogen (secondary N) is 1. The SMILES string of the molecule is CCC[C@H](C)c1ccc2c(c1)-c1ccc(cc1)C1c3ccccc3C(C)(C)c3cc4c(cc31)N2c1c(c(-c2cccc3c5c([nH]c23)C(C)(C)c2ccccc2-5)cc2ccccc12)[B]4. The van der Waals surface area contributed by atoms with Crippen LogP contribution in [0.4, 0.5) is 17.1 Å². The van der Waals surface area contributed by atoms with Gasteiger partial charge in [0, 0.05) is 61.3 Å². The molecule has 0 spiro atoms. The number of fused-ring (bicyclic) bond motifs is 11. The highest BCUT2D eigenvalue weighted by molar-refractivity contribution is 6.74. The molecule has 4 heterocycles. The molecule has 303 valence electrons. The molecular weight excluding hydrogens is 759 g/mol. The topological polar surface area (TPSA) is 19.0 Å². The van der Waals surface area contributed by atoms with Gasteiger partial charge in [0.05, 0.1) is 11.2 Å². The van der Waals surface area contributed by atoms with E-state index >= 15 is 0 Å². The van der Waals surface area contributed by atoms with E-state index in [-0.39, 0.29) is 16.7 Å². The number of hydrogen-bond donors (Lipinski definition) is 1. The first-order valence-electron chi connectivity index (χ1n) is 23.1. The molecule has 1 N–H and O–H groups in total. The molecule has 4 bridgehead atoms. The van der Waals surface area contributed by atoms with Crippen molar-refractivity contribution in [1.29, 1.82) is 0 Å². The molecule has 5 aliphatic rings. The van der Waals surface area contributed by atoms with Crippen molar-refractivity contribution in [2.24, 2.45) is 0 Å². The van der Waals surface area contributed by atoms with Gasteiger partial charge in [-0.3, -0.25) is 0 Å². The van der Waals surface area contributed by atoms with Gasteiger partial charge in [-0.25, -0.2) is 0 Å². The first-order valence-corrected chi connectivity index (χ1v) is 23.1. The van der Waals surface area contributed by atoms with Gasteiger partial charge in [-0.05, 0) is 103 Å². The fourth-order valence-electron chi connectivity index (χ4n) is 12.5. The van der Waals surface area contributed by atoms with Gasteiger partial charge in [-0.1, -0.05) is 181 Å². The van der Waals surface area contributed by atoms with Crippen LogP contribution in [0.2, 0.25) is 0 Å². The third-order valence-corrected chi connectivity index (χ3v) is 15.7. The van der Waals surface area contributed by atoms with Crippen molar-refractivity contribution in [2.45, 2.75) is 77.0 Å². The zero-order chi connectivity index (χ0) is 42.5. The summed E-state index contributed by atoms with van der Waals surface area (Å²) in [6.07, 6.45) is 2.32. The molecule has 2 aliphatic carbocycles. The van der Waals surface area contributed by atoms with Gasteiger partial charge in [0.15, 0.2) is 7.28 Å². The fraction of sp³-hybridized carbons (Fsp3) is 0.200. The highest BCUT2D eigenvalue weighted by Gasteiger charge is 2.42. The van der Waals surface area contributed by atoms with E-state index < -0.39 is 0 Å². The standard InChI is InChI=1S/C60H50BN2/c1-7-15-34(2)37-28-29-51-44(30-37)35-24-26-36(27-25-35)53-41-18-10-12-22-47(41)59(3,4)49-33-50-52(32-46(49)53)63(51)57-39-17-9-8-16-38(39)31-45(55(57)61-50)40-20-14-21-43-54-42-19-11-13-23-48(42)60(5,6)58(54)62-56(40)43/h8-14,16-34,53,62H,7,15H2,1-6H3/t34-,53?/m0/s1. The number of hydrogen-bond acceptors (Lipinski definition) is 1. The molecule has 1 radical (unpaired) electrons. The van der Waals surface area contributed by atoms with E-state index in [4.69, 9.17) is 0 Å². The van der Waals surface area contributed by atoms with Gasteiger partial charge < -0.3 is 9.88 Å². The Morgan fingerprint density at radius 3 is 2.21 bits per heavy atom. The normalized spacial score (nSPS) is 17.0. The average Bonchev–Trinajstić information content (AvgIpc) is 3.80. The van der Waals surface area contributed by atoms with Crippen LogP contribution in [0.1, 0.15) is 111 Å². The van der Waals surface area contributed by atoms with Crippen molar-refractivity contribution in [1.82, 2.24) is 4.98 Å². The number of nitrogens with zero attached hydrogens (tertiary/aromatic N) is 1. The third-order valence-electron chi connectivity index (χ3n) is 15.7. The first-order chi connectivity index (χ1) is 30.6. The highest BCUT2D eigenvalue weighted by atomic mass is 15.2. The summed E-state index contributed by atoms with van der Waals surface area (Å²) < 4.78 is 0. The van der Waals surface area contributed by atoms with Gasteiger partial charge in [0.2, 0.25) is 0 Å². The summed E-state index contributed by atoms with van der Waals surface area (Å²) in [5.74, 6) is 0.587. The van der Waals surface area contributed by atoms with Crippen molar-refractivity contribution in [3.05, 3.63) is 196 Å².